The highest BCUT2D eigenvalue weighted by atomic mass is 35.5. The van der Waals surface area contributed by atoms with Gasteiger partial charge in [-0.15, -0.1) is 0 Å². The molecule has 30 heavy (non-hydrogen) atoms. The van der Waals surface area contributed by atoms with Crippen LogP contribution in [0, 0.1) is 5.92 Å². The van der Waals surface area contributed by atoms with E-state index in [1.807, 2.05) is 7.05 Å². The van der Waals surface area contributed by atoms with Crippen molar-refractivity contribution < 1.29 is 14.3 Å². The first-order valence-electron chi connectivity index (χ1n) is 11.5. The Kier molecular flexibility index (Phi) is 11.6. The fourth-order valence-corrected chi connectivity index (χ4v) is 4.08. The molecule has 1 saturated carbocycles. The topological polar surface area (TPSA) is 42.0 Å². The van der Waals surface area contributed by atoms with Gasteiger partial charge < -0.3 is 19.3 Å². The lowest BCUT2D eigenvalue weighted by Crippen LogP contribution is -2.41. The number of rotatable bonds is 12. The Labute approximate surface area is 187 Å². The van der Waals surface area contributed by atoms with Gasteiger partial charge in [-0.3, -0.25) is 0 Å². The summed E-state index contributed by atoms with van der Waals surface area (Å²) in [5.74, 6) is 1.12. The molecular weight excluding hydrogens is 400 g/mol. The summed E-state index contributed by atoms with van der Waals surface area (Å²) in [6.07, 6.45) is 8.87. The van der Waals surface area contributed by atoms with E-state index in [4.69, 9.17) is 21.1 Å². The molecule has 1 fully saturated rings. The molecule has 6 heteroatoms. The highest BCUT2D eigenvalue weighted by molar-refractivity contribution is 6.30. The van der Waals surface area contributed by atoms with Crippen LogP contribution in [0.1, 0.15) is 58.3 Å². The van der Waals surface area contributed by atoms with Crippen molar-refractivity contribution in [2.24, 2.45) is 5.92 Å². The van der Waals surface area contributed by atoms with Crippen LogP contribution in [0.25, 0.3) is 0 Å². The van der Waals surface area contributed by atoms with Crippen LogP contribution in [0.2, 0.25) is 5.02 Å². The largest absolute Gasteiger partial charge is 0.415 e. The zero-order chi connectivity index (χ0) is 21.8. The van der Waals surface area contributed by atoms with E-state index in [9.17, 15) is 4.79 Å². The molecule has 0 spiro atoms. The lowest BCUT2D eigenvalue weighted by molar-refractivity contribution is 0.0641. The van der Waals surface area contributed by atoms with E-state index in [-0.39, 0.29) is 12.1 Å². The van der Waals surface area contributed by atoms with Gasteiger partial charge in [-0.2, -0.15) is 0 Å². The van der Waals surface area contributed by atoms with Gasteiger partial charge in [0, 0.05) is 37.9 Å². The molecule has 0 heterocycles. The maximum Gasteiger partial charge on any atom is 0.415 e. The number of unbranched alkanes of at least 4 members (excludes halogenated alkanes) is 2. The fraction of sp³-hybridized carbons (Fsp3) is 0.708. The van der Waals surface area contributed by atoms with Gasteiger partial charge in [0.15, 0.2) is 0 Å². The number of amides is 1. The number of benzene rings is 1. The van der Waals surface area contributed by atoms with Crippen LogP contribution in [-0.4, -0.2) is 62.3 Å². The van der Waals surface area contributed by atoms with Gasteiger partial charge >= 0.3 is 6.09 Å². The molecular formula is C24H39ClN2O3. The summed E-state index contributed by atoms with van der Waals surface area (Å²) in [5, 5.41) is 0.627. The van der Waals surface area contributed by atoms with E-state index in [2.05, 4.69) is 18.9 Å². The fourth-order valence-electron chi connectivity index (χ4n) is 3.95. The minimum atomic E-state index is -0.305. The molecule has 0 atom stereocenters. The van der Waals surface area contributed by atoms with Gasteiger partial charge in [-0.25, -0.2) is 4.79 Å². The summed E-state index contributed by atoms with van der Waals surface area (Å²) in [5.41, 5.74) is 0. The van der Waals surface area contributed by atoms with Crippen LogP contribution in [0.4, 0.5) is 4.79 Å². The first-order chi connectivity index (χ1) is 14.5. The number of nitrogens with zero attached hydrogens (tertiary/aromatic N) is 2. The second-order valence-corrected chi connectivity index (χ2v) is 8.98. The van der Waals surface area contributed by atoms with Crippen molar-refractivity contribution in [2.75, 3.05) is 40.4 Å². The molecule has 1 aliphatic carbocycles. The van der Waals surface area contributed by atoms with Crippen LogP contribution in [0.15, 0.2) is 24.3 Å². The van der Waals surface area contributed by atoms with Crippen LogP contribution < -0.4 is 4.74 Å². The molecule has 5 nitrogen and oxygen atoms in total. The smallest absolute Gasteiger partial charge is 0.410 e. The highest BCUT2D eigenvalue weighted by Crippen LogP contribution is 2.28. The van der Waals surface area contributed by atoms with E-state index < -0.39 is 0 Å². The third-order valence-corrected chi connectivity index (χ3v) is 6.25. The average molecular weight is 439 g/mol. The summed E-state index contributed by atoms with van der Waals surface area (Å²) in [6.45, 7) is 6.21. The molecule has 0 radical (unpaired) electrons. The number of hydrogen-bond acceptors (Lipinski definition) is 4. The van der Waals surface area contributed by atoms with E-state index in [0.29, 0.717) is 16.7 Å². The molecule has 0 unspecified atom stereocenters. The summed E-state index contributed by atoms with van der Waals surface area (Å²) in [6, 6.07) is 7.11. The van der Waals surface area contributed by atoms with Crippen LogP contribution in [0.3, 0.4) is 0 Å². The SMILES string of the molecule is CCCCCN(C)CCCOC[C@H]1CC[C@H](N(C)C(=O)Oc2ccc(Cl)cc2)CC1. The van der Waals surface area contributed by atoms with E-state index in [1.165, 1.54) is 25.8 Å². The van der Waals surface area contributed by atoms with E-state index >= 15 is 0 Å². The lowest BCUT2D eigenvalue weighted by Gasteiger charge is -2.34. The number of carbonyl (C=O) groups excluding carboxylic acids is 1. The van der Waals surface area contributed by atoms with Gasteiger partial charge in [-0.05, 0) is 82.3 Å². The third-order valence-electron chi connectivity index (χ3n) is 6.00. The molecule has 1 aliphatic rings. The average Bonchev–Trinajstić information content (AvgIpc) is 2.75. The Balaban J connectivity index is 1.57. The Bertz CT molecular complexity index is 603. The second kappa shape index (κ2) is 13.9. The van der Waals surface area contributed by atoms with Crippen molar-refractivity contribution in [3.63, 3.8) is 0 Å². The van der Waals surface area contributed by atoms with Crippen molar-refractivity contribution in [3.8, 4) is 5.75 Å². The molecule has 1 amide bonds. The van der Waals surface area contributed by atoms with Crippen LogP contribution in [0.5, 0.6) is 5.75 Å². The predicted molar refractivity (Wildman–Crippen MR) is 123 cm³/mol. The minimum Gasteiger partial charge on any atom is -0.410 e. The number of ether oxygens (including phenoxy) is 2. The standard InChI is InChI=1S/C24H39ClN2O3/c1-4-5-6-16-26(2)17-7-18-29-19-20-8-12-22(13-9-20)27(3)24(28)30-23-14-10-21(25)11-15-23/h10-11,14-15,20,22H,4-9,12-13,16-19H2,1-3H3/t20-,22-. The molecule has 0 saturated heterocycles. The number of halogens is 1. The third kappa shape index (κ3) is 9.23. The van der Waals surface area contributed by atoms with Gasteiger partial charge in [0.25, 0.3) is 0 Å². The number of hydrogen-bond donors (Lipinski definition) is 0. The Morgan fingerprint density at radius 2 is 1.70 bits per heavy atom. The van der Waals surface area contributed by atoms with Crippen molar-refractivity contribution in [3.05, 3.63) is 29.3 Å². The molecule has 170 valence electrons. The first-order valence-corrected chi connectivity index (χ1v) is 11.8. The summed E-state index contributed by atoms with van der Waals surface area (Å²) < 4.78 is 11.4. The van der Waals surface area contributed by atoms with Gasteiger partial charge in [0.05, 0.1) is 0 Å². The van der Waals surface area contributed by atoms with Crippen molar-refractivity contribution >= 4 is 17.7 Å². The molecule has 2 rings (SSSR count). The van der Waals surface area contributed by atoms with E-state index in [0.717, 1.165) is 51.9 Å². The molecule has 0 N–H and O–H groups in total. The minimum absolute atomic E-state index is 0.234. The molecule has 0 aromatic heterocycles. The molecule has 1 aromatic rings. The number of carbonyl (C=O) groups is 1. The van der Waals surface area contributed by atoms with Gasteiger partial charge in [0.1, 0.15) is 5.75 Å². The maximum absolute atomic E-state index is 12.4. The normalized spacial score (nSPS) is 19.1. The maximum atomic E-state index is 12.4. The molecule has 1 aromatic carbocycles. The predicted octanol–water partition coefficient (Wildman–Crippen LogP) is 5.86. The van der Waals surface area contributed by atoms with Crippen LogP contribution in [-0.2, 0) is 4.74 Å². The highest BCUT2D eigenvalue weighted by Gasteiger charge is 2.27. The summed E-state index contributed by atoms with van der Waals surface area (Å²) >= 11 is 5.87. The van der Waals surface area contributed by atoms with Gasteiger partial charge in [-0.1, -0.05) is 31.4 Å². The van der Waals surface area contributed by atoms with Crippen molar-refractivity contribution in [1.29, 1.82) is 0 Å². The first kappa shape index (κ1) is 25.0. The zero-order valence-corrected chi connectivity index (χ0v) is 19.7. The summed E-state index contributed by atoms with van der Waals surface area (Å²) in [7, 11) is 4.03. The Morgan fingerprint density at radius 1 is 1.03 bits per heavy atom. The Hall–Kier alpha value is -1.30. The van der Waals surface area contributed by atoms with Crippen molar-refractivity contribution in [2.45, 2.75) is 64.3 Å². The molecule has 0 bridgehead atoms. The lowest BCUT2D eigenvalue weighted by atomic mass is 9.86. The Morgan fingerprint density at radius 3 is 2.37 bits per heavy atom. The molecule has 0 aliphatic heterocycles. The van der Waals surface area contributed by atoms with E-state index in [1.54, 1.807) is 29.2 Å². The zero-order valence-electron chi connectivity index (χ0n) is 18.9. The summed E-state index contributed by atoms with van der Waals surface area (Å²) in [4.78, 5) is 16.5. The van der Waals surface area contributed by atoms with Crippen LogP contribution >= 0.6 is 11.6 Å². The van der Waals surface area contributed by atoms with Gasteiger partial charge in [0.2, 0.25) is 0 Å². The van der Waals surface area contributed by atoms with Crippen molar-refractivity contribution in [1.82, 2.24) is 9.80 Å². The second-order valence-electron chi connectivity index (χ2n) is 8.55. The monoisotopic (exact) mass is 438 g/mol. The quantitative estimate of drug-likeness (QED) is 0.383.